The first-order valence-electron chi connectivity index (χ1n) is 7.70. The molecule has 2 aromatic rings. The highest BCUT2D eigenvalue weighted by Gasteiger charge is 2.28. The molecule has 1 heterocycles. The summed E-state index contributed by atoms with van der Waals surface area (Å²) in [5, 5.41) is 8.88. The number of rotatable bonds is 3. The number of carboxylic acids is 1. The van der Waals surface area contributed by atoms with Gasteiger partial charge in [0, 0.05) is 4.90 Å². The maximum atomic E-state index is 12.3. The number of hydrogen-bond acceptors (Lipinski definition) is 4. The Kier molecular flexibility index (Phi) is 4.37. The lowest BCUT2D eigenvalue weighted by molar-refractivity contribution is 0.0696. The van der Waals surface area contributed by atoms with Crippen LogP contribution in [0.1, 0.15) is 46.5 Å². The Morgan fingerprint density at radius 3 is 2.42 bits per heavy atom. The van der Waals surface area contributed by atoms with Crippen molar-refractivity contribution in [2.24, 2.45) is 0 Å². The van der Waals surface area contributed by atoms with Gasteiger partial charge in [0.1, 0.15) is 5.75 Å². The van der Waals surface area contributed by atoms with Crippen molar-refractivity contribution in [3.63, 3.8) is 0 Å². The molecule has 0 aliphatic carbocycles. The molecule has 0 unspecified atom stereocenters. The Bertz CT molecular complexity index is 794. The van der Waals surface area contributed by atoms with Crippen LogP contribution in [-0.2, 0) is 5.41 Å². The number of carboxylic acid groups (broad SMARTS) is 1. The van der Waals surface area contributed by atoms with Crippen LogP contribution in [0.3, 0.4) is 0 Å². The molecule has 1 aliphatic heterocycles. The van der Waals surface area contributed by atoms with Gasteiger partial charge in [-0.3, -0.25) is 0 Å². The summed E-state index contributed by atoms with van der Waals surface area (Å²) in [6, 6.07) is 11.5. The van der Waals surface area contributed by atoms with E-state index in [-0.39, 0.29) is 11.0 Å². The lowest BCUT2D eigenvalue weighted by Gasteiger charge is -2.32. The second-order valence-electron chi connectivity index (χ2n) is 6.41. The summed E-state index contributed by atoms with van der Waals surface area (Å²) < 4.78 is 5.34. The molecule has 0 saturated carbocycles. The normalized spacial score (nSPS) is 15.4. The zero-order chi connectivity index (χ0) is 17.3. The van der Waals surface area contributed by atoms with Crippen LogP contribution in [0, 0.1) is 0 Å². The third kappa shape index (κ3) is 3.31. The molecule has 0 bridgehead atoms. The molecule has 1 N–H and O–H groups in total. The van der Waals surface area contributed by atoms with Gasteiger partial charge in [-0.25, -0.2) is 9.59 Å². The molecule has 2 aromatic carbocycles. The summed E-state index contributed by atoms with van der Waals surface area (Å²) >= 11 is 1.76. The number of thioether (sulfide) groups is 1. The van der Waals surface area contributed by atoms with E-state index < -0.39 is 11.9 Å². The highest BCUT2D eigenvalue weighted by atomic mass is 32.2. The van der Waals surface area contributed by atoms with E-state index in [9.17, 15) is 9.59 Å². The fourth-order valence-corrected chi connectivity index (χ4v) is 4.25. The van der Waals surface area contributed by atoms with E-state index in [2.05, 4.69) is 13.8 Å². The largest absolute Gasteiger partial charge is 0.478 e. The SMILES string of the molecule is CC1(C)CCSc2cc(C(=O)Oc3ccc(C(=O)O)cc3)ccc21. The number of fused-ring (bicyclic) bond motifs is 1. The van der Waals surface area contributed by atoms with Gasteiger partial charge < -0.3 is 9.84 Å². The summed E-state index contributed by atoms with van der Waals surface area (Å²) in [6.45, 7) is 4.43. The monoisotopic (exact) mass is 342 g/mol. The summed E-state index contributed by atoms with van der Waals surface area (Å²) in [4.78, 5) is 24.3. The van der Waals surface area contributed by atoms with Gasteiger partial charge in [0.2, 0.25) is 0 Å². The molecule has 0 atom stereocenters. The first kappa shape index (κ1) is 16.6. The molecule has 0 aromatic heterocycles. The lowest BCUT2D eigenvalue weighted by Crippen LogP contribution is -2.23. The highest BCUT2D eigenvalue weighted by molar-refractivity contribution is 7.99. The number of ether oxygens (including phenoxy) is 1. The van der Waals surface area contributed by atoms with Crippen molar-refractivity contribution in [2.75, 3.05) is 5.75 Å². The van der Waals surface area contributed by atoms with Crippen LogP contribution in [0.5, 0.6) is 5.75 Å². The molecule has 24 heavy (non-hydrogen) atoms. The molecule has 0 saturated heterocycles. The minimum atomic E-state index is -1.01. The molecular formula is C19H18O4S. The van der Waals surface area contributed by atoms with Crippen LogP contribution >= 0.6 is 11.8 Å². The fourth-order valence-electron chi connectivity index (χ4n) is 2.71. The van der Waals surface area contributed by atoms with E-state index in [1.54, 1.807) is 17.8 Å². The summed E-state index contributed by atoms with van der Waals surface area (Å²) in [6.07, 6.45) is 1.12. The van der Waals surface area contributed by atoms with Crippen LogP contribution in [0.15, 0.2) is 47.4 Å². The Balaban J connectivity index is 1.79. The molecule has 1 aliphatic rings. The lowest BCUT2D eigenvalue weighted by atomic mass is 9.81. The van der Waals surface area contributed by atoms with Crippen LogP contribution in [0.25, 0.3) is 0 Å². The molecule has 0 spiro atoms. The Labute approximate surface area is 144 Å². The van der Waals surface area contributed by atoms with Crippen LogP contribution in [0.2, 0.25) is 0 Å². The predicted molar refractivity (Wildman–Crippen MR) is 93.2 cm³/mol. The van der Waals surface area contributed by atoms with E-state index in [1.165, 1.54) is 29.8 Å². The van der Waals surface area contributed by atoms with E-state index in [4.69, 9.17) is 9.84 Å². The molecule has 0 fully saturated rings. The van der Waals surface area contributed by atoms with Crippen molar-refractivity contribution in [2.45, 2.75) is 30.6 Å². The van der Waals surface area contributed by atoms with Crippen LogP contribution in [-0.4, -0.2) is 22.8 Å². The predicted octanol–water partition coefficient (Wildman–Crippen LogP) is 4.38. The standard InChI is InChI=1S/C19H18O4S/c1-19(2)9-10-24-16-11-13(5-8-15(16)19)18(22)23-14-6-3-12(4-7-14)17(20)21/h3-8,11H,9-10H2,1-2H3,(H,20,21). The maximum absolute atomic E-state index is 12.3. The first-order chi connectivity index (χ1) is 11.4. The number of esters is 1. The third-order valence-corrected chi connectivity index (χ3v) is 5.30. The average Bonchev–Trinajstić information content (AvgIpc) is 2.54. The van der Waals surface area contributed by atoms with Gasteiger partial charge in [-0.2, -0.15) is 0 Å². The maximum Gasteiger partial charge on any atom is 0.343 e. The number of carbonyl (C=O) groups excluding carboxylic acids is 1. The van der Waals surface area contributed by atoms with Gasteiger partial charge in [-0.05, 0) is 59.6 Å². The van der Waals surface area contributed by atoms with Gasteiger partial charge in [0.15, 0.2) is 0 Å². The molecule has 0 radical (unpaired) electrons. The number of benzene rings is 2. The van der Waals surface area contributed by atoms with Gasteiger partial charge in [-0.1, -0.05) is 19.9 Å². The Hall–Kier alpha value is -2.27. The van der Waals surface area contributed by atoms with Gasteiger partial charge in [0.05, 0.1) is 11.1 Å². The minimum absolute atomic E-state index is 0.121. The van der Waals surface area contributed by atoms with Crippen molar-refractivity contribution in [1.29, 1.82) is 0 Å². The first-order valence-corrected chi connectivity index (χ1v) is 8.68. The molecule has 0 amide bonds. The summed E-state index contributed by atoms with van der Waals surface area (Å²) in [5.41, 5.74) is 2.04. The molecular weight excluding hydrogens is 324 g/mol. The molecule has 124 valence electrons. The van der Waals surface area contributed by atoms with Crippen molar-refractivity contribution < 1.29 is 19.4 Å². The summed E-state index contributed by atoms with van der Waals surface area (Å²) in [5.74, 6) is -0.0856. The zero-order valence-electron chi connectivity index (χ0n) is 13.5. The van der Waals surface area contributed by atoms with E-state index in [0.717, 1.165) is 17.1 Å². The summed E-state index contributed by atoms with van der Waals surface area (Å²) in [7, 11) is 0. The second-order valence-corrected chi connectivity index (χ2v) is 7.55. The Morgan fingerprint density at radius 1 is 1.08 bits per heavy atom. The van der Waals surface area contributed by atoms with E-state index in [0.29, 0.717) is 11.3 Å². The quantitative estimate of drug-likeness (QED) is 0.662. The third-order valence-electron chi connectivity index (χ3n) is 4.24. The minimum Gasteiger partial charge on any atom is -0.478 e. The van der Waals surface area contributed by atoms with Crippen molar-refractivity contribution in [1.82, 2.24) is 0 Å². The Morgan fingerprint density at radius 2 is 1.75 bits per heavy atom. The van der Waals surface area contributed by atoms with E-state index >= 15 is 0 Å². The van der Waals surface area contributed by atoms with Crippen molar-refractivity contribution in [3.05, 3.63) is 59.2 Å². The molecule has 3 rings (SSSR count). The second kappa shape index (κ2) is 6.32. The number of hydrogen-bond donors (Lipinski definition) is 1. The number of aromatic carboxylic acids is 1. The zero-order valence-corrected chi connectivity index (χ0v) is 14.4. The van der Waals surface area contributed by atoms with Crippen molar-refractivity contribution in [3.8, 4) is 5.75 Å². The van der Waals surface area contributed by atoms with Gasteiger partial charge in [0.25, 0.3) is 0 Å². The fraction of sp³-hybridized carbons (Fsp3) is 0.263. The van der Waals surface area contributed by atoms with Crippen molar-refractivity contribution >= 4 is 23.7 Å². The molecule has 4 nitrogen and oxygen atoms in total. The topological polar surface area (TPSA) is 63.6 Å². The highest BCUT2D eigenvalue weighted by Crippen LogP contribution is 2.41. The average molecular weight is 342 g/mol. The van der Waals surface area contributed by atoms with Gasteiger partial charge in [-0.15, -0.1) is 11.8 Å². The van der Waals surface area contributed by atoms with Crippen LogP contribution in [0.4, 0.5) is 0 Å². The van der Waals surface area contributed by atoms with Crippen LogP contribution < -0.4 is 4.74 Å². The smallest absolute Gasteiger partial charge is 0.343 e. The van der Waals surface area contributed by atoms with Gasteiger partial charge >= 0.3 is 11.9 Å². The number of carbonyl (C=O) groups is 2. The van der Waals surface area contributed by atoms with E-state index in [1.807, 2.05) is 12.1 Å². The molecule has 5 heteroatoms.